The van der Waals surface area contributed by atoms with Crippen molar-refractivity contribution < 1.29 is 38.9 Å². The highest BCUT2D eigenvalue weighted by Gasteiger charge is 2.31. The van der Waals surface area contributed by atoms with Crippen LogP contribution in [0, 0.1) is 23.7 Å². The number of hydrogen-bond donors (Lipinski definition) is 4. The number of carbonyl (C=O) groups excluding carboxylic acids is 4. The zero-order valence-electron chi connectivity index (χ0n) is 41.0. The van der Waals surface area contributed by atoms with Crippen LogP contribution in [0.4, 0.5) is 11.6 Å². The minimum absolute atomic E-state index is 0. The summed E-state index contributed by atoms with van der Waals surface area (Å²) >= 11 is 17.5. The summed E-state index contributed by atoms with van der Waals surface area (Å²) in [5.41, 5.74) is 5.40. The molecule has 4 N–H and O–H groups in total. The predicted molar refractivity (Wildman–Crippen MR) is 295 cm³/mol. The topological polar surface area (TPSA) is 225 Å². The van der Waals surface area contributed by atoms with E-state index < -0.39 is 5.97 Å². The Kier molecular flexibility index (Phi) is 23.5. The molecule has 404 valence electrons. The smallest absolute Gasteiger partial charge is 0.373 e. The molecule has 2 aromatic carbocycles. The second-order valence-corrected chi connectivity index (χ2v) is 20.6. The Balaban J connectivity index is 0.000000223. The van der Waals surface area contributed by atoms with E-state index in [1.165, 1.54) is 25.7 Å². The van der Waals surface area contributed by atoms with E-state index in [0.29, 0.717) is 10.0 Å². The molecule has 0 radical (unpaired) electrons. The van der Waals surface area contributed by atoms with Crippen LogP contribution in [0.25, 0.3) is 44.8 Å². The predicted octanol–water partition coefficient (Wildman–Crippen LogP) is 12.4. The van der Waals surface area contributed by atoms with Crippen LogP contribution >= 0.6 is 34.8 Å². The fraction of sp³-hybridized carbons (Fsp3) is 0.500. The van der Waals surface area contributed by atoms with Crippen LogP contribution in [0.5, 0.6) is 0 Å². The van der Waals surface area contributed by atoms with E-state index in [2.05, 4.69) is 46.6 Å². The molecule has 4 fully saturated rings. The number of H-pyrrole nitrogens is 2. The monoisotopic (exact) mass is 1090 g/mol. The first-order valence-electron chi connectivity index (χ1n) is 25.3. The zero-order valence-corrected chi connectivity index (χ0v) is 43.3. The number of aliphatic hydroxyl groups is 1. The second-order valence-electron chi connectivity index (χ2n) is 19.4. The van der Waals surface area contributed by atoms with E-state index in [4.69, 9.17) is 54.2 Å². The van der Waals surface area contributed by atoms with Crippen molar-refractivity contribution in [1.29, 1.82) is 0 Å². The average Bonchev–Trinajstić information content (AvgIpc) is 4.02. The largest absolute Gasteiger partial charge is 0.481 e. The van der Waals surface area contributed by atoms with Gasteiger partial charge in [0, 0.05) is 84.9 Å². The number of pyridine rings is 2. The van der Waals surface area contributed by atoms with Gasteiger partial charge in [0.1, 0.15) is 29.4 Å². The third-order valence-corrected chi connectivity index (χ3v) is 15.1. The third-order valence-electron chi connectivity index (χ3n) is 14.3. The Labute approximate surface area is 454 Å². The van der Waals surface area contributed by atoms with E-state index in [1.54, 1.807) is 0 Å². The molecule has 6 aromatic rings. The lowest BCUT2D eigenvalue weighted by Gasteiger charge is -2.34. The highest BCUT2D eigenvalue weighted by molar-refractivity contribution is 6.64. The van der Waals surface area contributed by atoms with Gasteiger partial charge in [-0.05, 0) is 148 Å². The number of anilines is 2. The number of carboxylic acids is 1. The molecule has 6 heterocycles. The number of halogens is 3. The Morgan fingerprint density at radius 3 is 1.55 bits per heavy atom. The van der Waals surface area contributed by atoms with Crippen molar-refractivity contribution in [3.63, 3.8) is 0 Å². The van der Waals surface area contributed by atoms with Crippen molar-refractivity contribution in [2.75, 3.05) is 36.0 Å². The summed E-state index contributed by atoms with van der Waals surface area (Å²) < 4.78 is 5.82. The van der Waals surface area contributed by atoms with Crippen molar-refractivity contribution in [2.24, 2.45) is 23.7 Å². The number of rotatable bonds is 11. The number of carbonyl (C=O) groups is 3. The normalized spacial score (nSPS) is 19.8. The van der Waals surface area contributed by atoms with Crippen LogP contribution in [0.15, 0.2) is 73.1 Å². The van der Waals surface area contributed by atoms with Crippen molar-refractivity contribution in [3.8, 4) is 22.8 Å². The number of piperidine rings is 2. The van der Waals surface area contributed by atoms with Crippen LogP contribution in [-0.4, -0.2) is 102 Å². The molecule has 2 aliphatic carbocycles. The van der Waals surface area contributed by atoms with Gasteiger partial charge in [-0.1, -0.05) is 57.8 Å². The van der Waals surface area contributed by atoms with Gasteiger partial charge in [0.25, 0.3) is 0 Å². The first-order valence-corrected chi connectivity index (χ1v) is 26.4. The summed E-state index contributed by atoms with van der Waals surface area (Å²) in [6.45, 7) is 5.46. The molecule has 2 saturated heterocycles. The zero-order chi connectivity index (χ0) is 51.9. The van der Waals surface area contributed by atoms with Crippen molar-refractivity contribution in [3.05, 3.63) is 83.1 Å². The van der Waals surface area contributed by atoms with Gasteiger partial charge in [0.2, 0.25) is 5.24 Å². The molecule has 16 nitrogen and oxygen atoms in total. The number of aliphatic carboxylic acids is 1. The van der Waals surface area contributed by atoms with E-state index in [1.807, 2.05) is 73.1 Å². The SMILES string of the molecule is C.C.CCCC1CCC(C(=O)Cl)CC1.O=C(O)CC1CCC(C(=O)OC2CCN(c3ccc(-c4nc5ccc(Cl)cc5[nH]4)cn3)CC2)CC1.O=C=O.OC1CCN(c2ccc(-c3nc4ccc(Cl)cc4[nH]3)cn2)CC1. The maximum absolute atomic E-state index is 12.6. The molecule has 19 heteroatoms. The number of fused-ring (bicyclic) bond motifs is 2. The summed E-state index contributed by atoms with van der Waals surface area (Å²) in [6, 6.07) is 19.2. The van der Waals surface area contributed by atoms with Crippen molar-refractivity contribution in [1.82, 2.24) is 29.9 Å². The maximum Gasteiger partial charge on any atom is 0.373 e. The standard InChI is InChI=1S/C26H29ClN4O4.C17H17ClN4O.C10H17ClO.CO2.2CH4/c27-19-6-7-21-22(14-19)30-25(29-21)18-5-8-23(28-15-18)31-11-9-20(10-12-31)35-26(34)17-3-1-16(2-4-17)13-24(32)33;18-12-2-3-14-15(9-12)21-17(20-14)11-1-4-16(19-10-11)22-7-5-13(23)6-8-22;1-2-3-8-4-6-9(7-5-8)10(11)12;2-1-3;;/h5-8,14-17,20H,1-4,9-13H2,(H,29,30)(H,32,33);1-4,9-10,13,23H,5-8H2,(H,20,21);8-9H,2-7H2,1H3;;2*1H4. The quantitative estimate of drug-likeness (QED) is 0.0700. The number of esters is 1. The first kappa shape index (κ1) is 60.0. The molecular formula is C56H71Cl3N8O8. The molecule has 10 rings (SSSR count). The van der Waals surface area contributed by atoms with Gasteiger partial charge in [-0.25, -0.2) is 19.9 Å². The second kappa shape index (κ2) is 29.4. The number of nitrogens with one attached hydrogen (secondary N) is 2. The fourth-order valence-corrected chi connectivity index (χ4v) is 10.7. The average molecular weight is 1090 g/mol. The minimum Gasteiger partial charge on any atom is -0.481 e. The van der Waals surface area contributed by atoms with Crippen molar-refractivity contribution in [2.45, 2.75) is 130 Å². The Morgan fingerprint density at radius 2 is 1.12 bits per heavy atom. The highest BCUT2D eigenvalue weighted by Crippen LogP contribution is 2.34. The Morgan fingerprint density at radius 1 is 0.667 bits per heavy atom. The van der Waals surface area contributed by atoms with Gasteiger partial charge in [0.05, 0.1) is 34.1 Å². The molecule has 4 aliphatic rings. The van der Waals surface area contributed by atoms with Gasteiger partial charge in [-0.3, -0.25) is 14.4 Å². The summed E-state index contributed by atoms with van der Waals surface area (Å²) in [4.78, 5) is 80.0. The molecule has 0 unspecified atom stereocenters. The summed E-state index contributed by atoms with van der Waals surface area (Å²) in [5, 5.41) is 19.8. The molecule has 0 amide bonds. The van der Waals surface area contributed by atoms with E-state index in [0.717, 1.165) is 153 Å². The minimum atomic E-state index is -0.758. The van der Waals surface area contributed by atoms with Gasteiger partial charge in [-0.2, -0.15) is 9.59 Å². The number of aromatic nitrogens is 6. The van der Waals surface area contributed by atoms with E-state index in [-0.39, 0.29) is 68.6 Å². The highest BCUT2D eigenvalue weighted by atomic mass is 35.5. The molecule has 2 aliphatic heterocycles. The molecule has 0 bridgehead atoms. The summed E-state index contributed by atoms with van der Waals surface area (Å²) in [6.07, 6.45) is 17.1. The lowest BCUT2D eigenvalue weighted by molar-refractivity contribution is -0.191. The summed E-state index contributed by atoms with van der Waals surface area (Å²) in [7, 11) is 0. The molecule has 0 spiro atoms. The number of imidazole rings is 2. The number of hydrogen-bond acceptors (Lipinski definition) is 13. The number of ether oxygens (including phenoxy) is 1. The number of carboxylic acid groups (broad SMARTS) is 1. The molecule has 75 heavy (non-hydrogen) atoms. The lowest BCUT2D eigenvalue weighted by atomic mass is 9.80. The number of aromatic amines is 2. The first-order chi connectivity index (χ1) is 35.3. The number of aliphatic hydroxyl groups excluding tert-OH is 1. The molecule has 4 aromatic heterocycles. The molecular weight excluding hydrogens is 1020 g/mol. The third kappa shape index (κ3) is 17.3. The number of benzene rings is 2. The Hall–Kier alpha value is -5.90. The van der Waals surface area contributed by atoms with Gasteiger partial charge in [0.15, 0.2) is 0 Å². The van der Waals surface area contributed by atoms with Gasteiger partial charge >= 0.3 is 18.1 Å². The lowest BCUT2D eigenvalue weighted by Crippen LogP contribution is -2.39. The van der Waals surface area contributed by atoms with Crippen LogP contribution in [0.2, 0.25) is 10.0 Å². The van der Waals surface area contributed by atoms with Crippen molar-refractivity contribution >= 4 is 91.8 Å². The maximum atomic E-state index is 12.6. The summed E-state index contributed by atoms with van der Waals surface area (Å²) in [5.74, 6) is 3.62. The Bertz CT molecular complexity index is 2770. The van der Waals surface area contributed by atoms with E-state index in [9.17, 15) is 19.5 Å². The van der Waals surface area contributed by atoms with Crippen LogP contribution < -0.4 is 9.80 Å². The number of nitrogens with zero attached hydrogens (tertiary/aromatic N) is 6. The van der Waals surface area contributed by atoms with Crippen LogP contribution in [0.1, 0.15) is 118 Å². The molecule has 2 saturated carbocycles. The van der Waals surface area contributed by atoms with Crippen LogP contribution in [-0.2, 0) is 28.7 Å². The molecule has 0 atom stereocenters. The fourth-order valence-electron chi connectivity index (χ4n) is 10.2. The van der Waals surface area contributed by atoms with Crippen LogP contribution in [0.3, 0.4) is 0 Å². The van der Waals surface area contributed by atoms with Gasteiger partial charge in [-0.15, -0.1) is 0 Å². The van der Waals surface area contributed by atoms with Gasteiger partial charge < -0.3 is 34.7 Å². The van der Waals surface area contributed by atoms with E-state index >= 15 is 0 Å².